The first-order valence-electron chi connectivity index (χ1n) is 10.1. The third kappa shape index (κ3) is 3.92. The number of fused-ring (bicyclic) bond motifs is 2. The predicted octanol–water partition coefficient (Wildman–Crippen LogP) is 4.37. The van der Waals surface area contributed by atoms with Gasteiger partial charge in [0.15, 0.2) is 0 Å². The number of amides is 2. The van der Waals surface area contributed by atoms with Gasteiger partial charge in [-0.15, -0.1) is 0 Å². The molecule has 0 unspecified atom stereocenters. The molecule has 0 saturated heterocycles. The molecule has 0 spiro atoms. The largest absolute Gasteiger partial charge is 0.334 e. The van der Waals surface area contributed by atoms with Crippen LogP contribution in [0.15, 0.2) is 29.1 Å². The standard InChI is InChI=1S/C22H26N4O2S/c1-13-8-9-17-24-20-18(21(27)26(17)11-10-13)15(3)19(29-20)25-22(28)23-12-16-7-5-4-6-14(16)2/h4-7,13H,8-12H2,1-3H3,(H2,23,25,28)/t13-/m1/s1. The summed E-state index contributed by atoms with van der Waals surface area (Å²) in [6, 6.07) is 7.68. The molecule has 2 N–H and O–H groups in total. The fraction of sp³-hybridized carbons (Fsp3) is 0.409. The normalized spacial score (nSPS) is 16.3. The zero-order valence-corrected chi connectivity index (χ0v) is 17.9. The minimum atomic E-state index is -0.279. The van der Waals surface area contributed by atoms with E-state index in [1.165, 1.54) is 11.3 Å². The molecule has 0 radical (unpaired) electrons. The highest BCUT2D eigenvalue weighted by Gasteiger charge is 2.21. The van der Waals surface area contributed by atoms with E-state index in [1.54, 1.807) is 0 Å². The minimum absolute atomic E-state index is 0.0150. The first-order chi connectivity index (χ1) is 13.9. The van der Waals surface area contributed by atoms with Crippen LogP contribution in [0.25, 0.3) is 10.2 Å². The zero-order valence-electron chi connectivity index (χ0n) is 17.0. The van der Waals surface area contributed by atoms with E-state index in [2.05, 4.69) is 17.6 Å². The third-order valence-electron chi connectivity index (χ3n) is 5.76. The third-order valence-corrected chi connectivity index (χ3v) is 6.86. The van der Waals surface area contributed by atoms with Crippen LogP contribution in [0.1, 0.15) is 42.3 Å². The summed E-state index contributed by atoms with van der Waals surface area (Å²) in [6.45, 7) is 7.30. The number of nitrogens with zero attached hydrogens (tertiary/aromatic N) is 2. The molecular weight excluding hydrogens is 384 g/mol. The van der Waals surface area contributed by atoms with Crippen molar-refractivity contribution in [3.05, 3.63) is 57.1 Å². The molecule has 2 amide bonds. The summed E-state index contributed by atoms with van der Waals surface area (Å²) < 4.78 is 1.83. The molecule has 2 aromatic heterocycles. The van der Waals surface area contributed by atoms with Crippen LogP contribution in [0.3, 0.4) is 0 Å². The van der Waals surface area contributed by atoms with Crippen molar-refractivity contribution < 1.29 is 4.79 Å². The van der Waals surface area contributed by atoms with E-state index in [-0.39, 0.29) is 11.6 Å². The quantitative estimate of drug-likeness (QED) is 0.673. The van der Waals surface area contributed by atoms with Gasteiger partial charge in [-0.05, 0) is 49.3 Å². The van der Waals surface area contributed by atoms with E-state index in [1.807, 2.05) is 42.7 Å². The van der Waals surface area contributed by atoms with E-state index in [0.717, 1.165) is 41.8 Å². The number of hydrogen-bond donors (Lipinski definition) is 2. The number of rotatable bonds is 3. The monoisotopic (exact) mass is 410 g/mol. The van der Waals surface area contributed by atoms with Crippen LogP contribution in [0.5, 0.6) is 0 Å². The number of nitrogens with one attached hydrogen (secondary N) is 2. The van der Waals surface area contributed by atoms with Crippen molar-refractivity contribution in [3.8, 4) is 0 Å². The van der Waals surface area contributed by atoms with Crippen LogP contribution in [-0.2, 0) is 19.5 Å². The summed E-state index contributed by atoms with van der Waals surface area (Å²) in [7, 11) is 0. The Morgan fingerprint density at radius 1 is 1.28 bits per heavy atom. The molecule has 1 atom stereocenters. The van der Waals surface area contributed by atoms with Crippen LogP contribution >= 0.6 is 11.3 Å². The lowest BCUT2D eigenvalue weighted by molar-refractivity contribution is 0.252. The first-order valence-corrected chi connectivity index (χ1v) is 10.9. The number of aryl methyl sites for hydroxylation is 3. The maximum absolute atomic E-state index is 13.1. The molecule has 1 aromatic carbocycles. The van der Waals surface area contributed by atoms with Gasteiger partial charge in [0.25, 0.3) is 5.56 Å². The van der Waals surface area contributed by atoms with Crippen molar-refractivity contribution in [3.63, 3.8) is 0 Å². The highest BCUT2D eigenvalue weighted by molar-refractivity contribution is 7.22. The Morgan fingerprint density at radius 3 is 2.86 bits per heavy atom. The number of urea groups is 1. The molecule has 6 nitrogen and oxygen atoms in total. The minimum Gasteiger partial charge on any atom is -0.334 e. The van der Waals surface area contributed by atoms with Gasteiger partial charge in [0.05, 0.1) is 5.39 Å². The number of aromatic nitrogens is 2. The number of anilines is 1. The van der Waals surface area contributed by atoms with Crippen molar-refractivity contribution in [2.24, 2.45) is 5.92 Å². The molecule has 4 rings (SSSR count). The van der Waals surface area contributed by atoms with Gasteiger partial charge in [-0.2, -0.15) is 0 Å². The summed E-state index contributed by atoms with van der Waals surface area (Å²) in [5.74, 6) is 1.47. The number of hydrogen-bond acceptors (Lipinski definition) is 4. The molecule has 3 heterocycles. The van der Waals surface area contributed by atoms with Gasteiger partial charge in [-0.1, -0.05) is 42.5 Å². The zero-order chi connectivity index (χ0) is 20.5. The van der Waals surface area contributed by atoms with Crippen molar-refractivity contribution >= 4 is 32.6 Å². The maximum Gasteiger partial charge on any atom is 0.320 e. The van der Waals surface area contributed by atoms with Gasteiger partial charge < -0.3 is 5.32 Å². The first kappa shape index (κ1) is 19.6. The molecule has 152 valence electrons. The van der Waals surface area contributed by atoms with Gasteiger partial charge in [0, 0.05) is 19.5 Å². The fourth-order valence-electron chi connectivity index (χ4n) is 3.80. The lowest BCUT2D eigenvalue weighted by atomic mass is 10.0. The SMILES string of the molecule is Cc1ccccc1CNC(=O)Nc1sc2nc3n(c(=O)c2c1C)CC[C@H](C)CC3. The molecule has 0 aliphatic carbocycles. The average molecular weight is 411 g/mol. The van der Waals surface area contributed by atoms with Crippen molar-refractivity contribution in [2.75, 3.05) is 5.32 Å². The van der Waals surface area contributed by atoms with Crippen LogP contribution in [0.2, 0.25) is 0 Å². The topological polar surface area (TPSA) is 76.0 Å². The highest BCUT2D eigenvalue weighted by Crippen LogP contribution is 2.33. The van der Waals surface area contributed by atoms with Crippen molar-refractivity contribution in [2.45, 2.75) is 53.1 Å². The summed E-state index contributed by atoms with van der Waals surface area (Å²) in [6.07, 6.45) is 2.87. The van der Waals surface area contributed by atoms with Gasteiger partial charge in [0.1, 0.15) is 15.7 Å². The Morgan fingerprint density at radius 2 is 2.07 bits per heavy atom. The maximum atomic E-state index is 13.1. The van der Waals surface area contributed by atoms with E-state index < -0.39 is 0 Å². The van der Waals surface area contributed by atoms with Gasteiger partial charge >= 0.3 is 6.03 Å². The Bertz CT molecular complexity index is 1130. The lowest BCUT2D eigenvalue weighted by Gasteiger charge is -2.09. The second kappa shape index (κ2) is 7.99. The van der Waals surface area contributed by atoms with E-state index >= 15 is 0 Å². The lowest BCUT2D eigenvalue weighted by Crippen LogP contribution is -2.28. The summed E-state index contributed by atoms with van der Waals surface area (Å²) in [5, 5.41) is 7.11. The van der Waals surface area contributed by atoms with Crippen LogP contribution in [-0.4, -0.2) is 15.6 Å². The van der Waals surface area contributed by atoms with Crippen molar-refractivity contribution in [1.29, 1.82) is 0 Å². The number of thiophene rings is 1. The van der Waals surface area contributed by atoms with E-state index in [4.69, 9.17) is 4.98 Å². The number of benzene rings is 1. The summed E-state index contributed by atoms with van der Waals surface area (Å²) in [5.41, 5.74) is 3.02. The Balaban J connectivity index is 1.56. The summed E-state index contributed by atoms with van der Waals surface area (Å²) >= 11 is 1.38. The predicted molar refractivity (Wildman–Crippen MR) is 118 cm³/mol. The number of carbonyl (C=O) groups excluding carboxylic acids is 1. The fourth-order valence-corrected chi connectivity index (χ4v) is 4.89. The average Bonchev–Trinajstić information content (AvgIpc) is 2.87. The molecule has 0 saturated carbocycles. The second-order valence-corrected chi connectivity index (χ2v) is 8.89. The van der Waals surface area contributed by atoms with Gasteiger partial charge in [0.2, 0.25) is 0 Å². The molecule has 0 bridgehead atoms. The molecule has 29 heavy (non-hydrogen) atoms. The smallest absolute Gasteiger partial charge is 0.320 e. The summed E-state index contributed by atoms with van der Waals surface area (Å²) in [4.78, 5) is 31.0. The Labute approximate surface area is 174 Å². The van der Waals surface area contributed by atoms with Gasteiger partial charge in [-0.25, -0.2) is 9.78 Å². The van der Waals surface area contributed by atoms with E-state index in [9.17, 15) is 9.59 Å². The van der Waals surface area contributed by atoms with Crippen LogP contribution in [0.4, 0.5) is 9.80 Å². The molecule has 0 fully saturated rings. The highest BCUT2D eigenvalue weighted by atomic mass is 32.1. The molecule has 7 heteroatoms. The molecule has 1 aliphatic heterocycles. The van der Waals surface area contributed by atoms with Crippen LogP contribution < -0.4 is 16.2 Å². The van der Waals surface area contributed by atoms with Crippen LogP contribution in [0, 0.1) is 19.8 Å². The Hall–Kier alpha value is -2.67. The molecule has 3 aromatic rings. The molecular formula is C22H26N4O2S. The number of carbonyl (C=O) groups is 1. The Kier molecular flexibility index (Phi) is 5.41. The van der Waals surface area contributed by atoms with Gasteiger partial charge in [-0.3, -0.25) is 14.7 Å². The van der Waals surface area contributed by atoms with E-state index in [0.29, 0.717) is 34.2 Å². The van der Waals surface area contributed by atoms with Crippen molar-refractivity contribution in [1.82, 2.24) is 14.9 Å². The molecule has 1 aliphatic rings. The second-order valence-electron chi connectivity index (χ2n) is 7.89.